The summed E-state index contributed by atoms with van der Waals surface area (Å²) in [6.07, 6.45) is -3.31. The minimum absolute atomic E-state index is 0.0632. The lowest BCUT2D eigenvalue weighted by Gasteiger charge is -2.32. The molecule has 0 saturated heterocycles. The molecule has 1 fully saturated rings. The molecule has 0 bridgehead atoms. The summed E-state index contributed by atoms with van der Waals surface area (Å²) in [5.74, 6) is -1.24. The van der Waals surface area contributed by atoms with E-state index in [-0.39, 0.29) is 37.6 Å². The Morgan fingerprint density at radius 1 is 1.37 bits per heavy atom. The number of urea groups is 1. The van der Waals surface area contributed by atoms with E-state index < -0.39 is 12.1 Å². The number of rotatable bonds is 3. The predicted molar refractivity (Wildman–Crippen MR) is 64.6 cm³/mol. The molecule has 7 heteroatoms. The Balaban J connectivity index is 2.39. The van der Waals surface area contributed by atoms with Gasteiger partial charge in [-0.2, -0.15) is 13.2 Å². The number of hydrogen-bond acceptors (Lipinski definition) is 2. The maximum absolute atomic E-state index is 12.5. The van der Waals surface area contributed by atoms with Crippen molar-refractivity contribution >= 4 is 6.03 Å². The summed E-state index contributed by atoms with van der Waals surface area (Å²) >= 11 is 0. The van der Waals surface area contributed by atoms with E-state index in [2.05, 4.69) is 5.32 Å². The van der Waals surface area contributed by atoms with Crippen molar-refractivity contribution in [1.29, 1.82) is 0 Å². The molecule has 0 aromatic rings. The highest BCUT2D eigenvalue weighted by molar-refractivity contribution is 5.74. The number of likely N-dealkylation sites (N-methyl/N-ethyl adjacent to an activating group) is 1. The number of aliphatic hydroxyl groups is 1. The second kappa shape index (κ2) is 6.45. The van der Waals surface area contributed by atoms with Gasteiger partial charge in [0.25, 0.3) is 0 Å². The fraction of sp³-hybridized carbons (Fsp3) is 0.917. The van der Waals surface area contributed by atoms with Crippen molar-refractivity contribution in [3.63, 3.8) is 0 Å². The summed E-state index contributed by atoms with van der Waals surface area (Å²) in [6.45, 7) is 1.55. The standard InChI is InChI=1S/C12H21F3N2O2/c1-8(7-18)17(2)11(19)16-10-5-3-9(4-6-10)12(13,14)15/h8-10,18H,3-7H2,1-2H3,(H,16,19). The molecule has 1 aliphatic rings. The molecule has 1 aliphatic carbocycles. The van der Waals surface area contributed by atoms with E-state index in [9.17, 15) is 18.0 Å². The normalized spacial score (nSPS) is 25.8. The SMILES string of the molecule is CC(CO)N(C)C(=O)NC1CCC(C(F)(F)F)CC1. The molecular weight excluding hydrogens is 261 g/mol. The second-order valence-electron chi connectivity index (χ2n) is 5.18. The number of halogens is 3. The largest absolute Gasteiger partial charge is 0.394 e. The van der Waals surface area contributed by atoms with Gasteiger partial charge in [0.1, 0.15) is 0 Å². The van der Waals surface area contributed by atoms with Gasteiger partial charge in [0, 0.05) is 13.1 Å². The van der Waals surface area contributed by atoms with Crippen LogP contribution in [0.4, 0.5) is 18.0 Å². The van der Waals surface area contributed by atoms with E-state index in [0.29, 0.717) is 12.8 Å². The number of nitrogens with zero attached hydrogens (tertiary/aromatic N) is 1. The van der Waals surface area contributed by atoms with Gasteiger partial charge in [-0.25, -0.2) is 4.79 Å². The summed E-state index contributed by atoms with van der Waals surface area (Å²) in [7, 11) is 1.55. The molecule has 0 radical (unpaired) electrons. The number of carbonyl (C=O) groups excluding carboxylic acids is 1. The summed E-state index contributed by atoms with van der Waals surface area (Å²) in [5, 5.41) is 11.7. The highest BCUT2D eigenvalue weighted by Crippen LogP contribution is 2.37. The van der Waals surface area contributed by atoms with Crippen LogP contribution in [-0.2, 0) is 0 Å². The van der Waals surface area contributed by atoms with Crippen molar-refractivity contribution in [1.82, 2.24) is 10.2 Å². The number of hydrogen-bond donors (Lipinski definition) is 2. The van der Waals surface area contributed by atoms with Crippen LogP contribution in [0.3, 0.4) is 0 Å². The van der Waals surface area contributed by atoms with Crippen LogP contribution in [0.2, 0.25) is 0 Å². The Kier molecular flexibility index (Phi) is 5.46. The molecule has 0 aliphatic heterocycles. The van der Waals surface area contributed by atoms with E-state index in [1.807, 2.05) is 0 Å². The lowest BCUT2D eigenvalue weighted by molar-refractivity contribution is -0.182. The van der Waals surface area contributed by atoms with Crippen LogP contribution in [0, 0.1) is 5.92 Å². The highest BCUT2D eigenvalue weighted by atomic mass is 19.4. The summed E-state index contributed by atoms with van der Waals surface area (Å²) in [5.41, 5.74) is 0. The number of amides is 2. The maximum Gasteiger partial charge on any atom is 0.391 e. The predicted octanol–water partition coefficient (Wildman–Crippen LogP) is 2.13. The third-order valence-corrected chi connectivity index (χ3v) is 3.76. The highest BCUT2D eigenvalue weighted by Gasteiger charge is 2.41. The molecule has 2 amide bonds. The zero-order valence-electron chi connectivity index (χ0n) is 11.2. The van der Waals surface area contributed by atoms with E-state index in [1.165, 1.54) is 4.90 Å². The Morgan fingerprint density at radius 2 is 1.89 bits per heavy atom. The maximum atomic E-state index is 12.5. The Bertz CT molecular complexity index is 302. The molecule has 0 spiro atoms. The van der Waals surface area contributed by atoms with Gasteiger partial charge in [0.15, 0.2) is 0 Å². The zero-order valence-corrected chi connectivity index (χ0v) is 11.2. The Hall–Kier alpha value is -0.980. The lowest BCUT2D eigenvalue weighted by atomic mass is 9.85. The summed E-state index contributed by atoms with van der Waals surface area (Å²) in [4.78, 5) is 13.1. The van der Waals surface area contributed by atoms with Gasteiger partial charge in [-0.1, -0.05) is 0 Å². The molecule has 19 heavy (non-hydrogen) atoms. The first-order chi connectivity index (χ1) is 8.75. The Labute approximate surface area is 111 Å². The van der Waals surface area contributed by atoms with Crippen LogP contribution in [0.5, 0.6) is 0 Å². The topological polar surface area (TPSA) is 52.6 Å². The monoisotopic (exact) mass is 282 g/mol. The summed E-state index contributed by atoms with van der Waals surface area (Å²) in [6, 6.07) is -0.872. The van der Waals surface area contributed by atoms with Gasteiger partial charge >= 0.3 is 12.2 Å². The molecule has 1 rings (SSSR count). The van der Waals surface area contributed by atoms with E-state index >= 15 is 0 Å². The van der Waals surface area contributed by atoms with Gasteiger partial charge in [-0.15, -0.1) is 0 Å². The van der Waals surface area contributed by atoms with Crippen LogP contribution >= 0.6 is 0 Å². The van der Waals surface area contributed by atoms with Crippen molar-refractivity contribution < 1.29 is 23.1 Å². The molecule has 1 saturated carbocycles. The number of nitrogens with one attached hydrogen (secondary N) is 1. The third-order valence-electron chi connectivity index (χ3n) is 3.76. The molecule has 1 atom stereocenters. The molecular formula is C12H21F3N2O2. The van der Waals surface area contributed by atoms with Gasteiger partial charge in [-0.3, -0.25) is 0 Å². The Morgan fingerprint density at radius 3 is 2.32 bits per heavy atom. The zero-order chi connectivity index (χ0) is 14.6. The molecule has 2 N–H and O–H groups in total. The lowest BCUT2D eigenvalue weighted by Crippen LogP contribution is -2.48. The van der Waals surface area contributed by atoms with Crippen molar-refractivity contribution in [3.8, 4) is 0 Å². The first-order valence-electron chi connectivity index (χ1n) is 6.46. The van der Waals surface area contributed by atoms with Gasteiger partial charge < -0.3 is 15.3 Å². The van der Waals surface area contributed by atoms with E-state index in [1.54, 1.807) is 14.0 Å². The minimum Gasteiger partial charge on any atom is -0.394 e. The van der Waals surface area contributed by atoms with Crippen molar-refractivity contribution in [2.75, 3.05) is 13.7 Å². The quantitative estimate of drug-likeness (QED) is 0.833. The molecule has 0 aromatic carbocycles. The van der Waals surface area contributed by atoms with Crippen LogP contribution < -0.4 is 5.32 Å². The van der Waals surface area contributed by atoms with Crippen molar-refractivity contribution in [2.24, 2.45) is 5.92 Å². The van der Waals surface area contributed by atoms with Crippen molar-refractivity contribution in [2.45, 2.75) is 50.9 Å². The fourth-order valence-electron chi connectivity index (χ4n) is 2.16. The molecule has 4 nitrogen and oxygen atoms in total. The van der Waals surface area contributed by atoms with Crippen LogP contribution in [0.15, 0.2) is 0 Å². The smallest absolute Gasteiger partial charge is 0.391 e. The van der Waals surface area contributed by atoms with E-state index in [4.69, 9.17) is 5.11 Å². The van der Waals surface area contributed by atoms with Crippen LogP contribution in [-0.4, -0.2) is 48.0 Å². The first kappa shape index (κ1) is 16.1. The van der Waals surface area contributed by atoms with Crippen molar-refractivity contribution in [3.05, 3.63) is 0 Å². The molecule has 0 aromatic heterocycles. The van der Waals surface area contributed by atoms with Gasteiger partial charge in [-0.05, 0) is 32.6 Å². The van der Waals surface area contributed by atoms with E-state index in [0.717, 1.165) is 0 Å². The molecule has 112 valence electrons. The fourth-order valence-corrected chi connectivity index (χ4v) is 2.16. The first-order valence-corrected chi connectivity index (χ1v) is 6.46. The average Bonchev–Trinajstić information content (AvgIpc) is 2.36. The average molecular weight is 282 g/mol. The summed E-state index contributed by atoms with van der Waals surface area (Å²) < 4.78 is 37.5. The minimum atomic E-state index is -4.13. The van der Waals surface area contributed by atoms with Gasteiger partial charge in [0.2, 0.25) is 0 Å². The molecule has 0 heterocycles. The second-order valence-corrected chi connectivity index (χ2v) is 5.18. The number of carbonyl (C=O) groups is 1. The third kappa shape index (κ3) is 4.56. The van der Waals surface area contributed by atoms with Crippen LogP contribution in [0.1, 0.15) is 32.6 Å². The number of alkyl halides is 3. The molecule has 1 unspecified atom stereocenters. The van der Waals surface area contributed by atoms with Crippen LogP contribution in [0.25, 0.3) is 0 Å². The number of aliphatic hydroxyl groups excluding tert-OH is 1. The van der Waals surface area contributed by atoms with Gasteiger partial charge in [0.05, 0.1) is 18.6 Å².